The van der Waals surface area contributed by atoms with Gasteiger partial charge >= 0.3 is 0 Å². The monoisotopic (exact) mass is 233 g/mol. The minimum absolute atomic E-state index is 0.0344. The number of nitrogens with zero attached hydrogens (tertiary/aromatic N) is 2. The van der Waals surface area contributed by atoms with E-state index in [4.69, 9.17) is 18.0 Å². The molecule has 2 rings (SSSR count). The molecule has 0 aliphatic heterocycles. The van der Waals surface area contributed by atoms with Crippen LogP contribution in [0.5, 0.6) is 0 Å². The molecule has 2 aromatic heterocycles. The third kappa shape index (κ3) is 1.69. The molecule has 0 unspecified atom stereocenters. The van der Waals surface area contributed by atoms with E-state index in [1.165, 1.54) is 0 Å². The summed E-state index contributed by atoms with van der Waals surface area (Å²) in [6, 6.07) is 5.93. The number of aromatic nitrogens is 2. The van der Waals surface area contributed by atoms with Crippen LogP contribution in [0.1, 0.15) is 32.3 Å². The Kier molecular flexibility index (Phi) is 2.46. The second kappa shape index (κ2) is 3.56. The van der Waals surface area contributed by atoms with Crippen molar-refractivity contribution in [3.05, 3.63) is 35.9 Å². The van der Waals surface area contributed by atoms with Gasteiger partial charge in [0.25, 0.3) is 0 Å². The first-order valence-corrected chi connectivity index (χ1v) is 5.59. The summed E-state index contributed by atoms with van der Waals surface area (Å²) in [5.74, 6) is 0.978. The number of imidazole rings is 1. The Bertz CT molecular complexity index is 549. The van der Waals surface area contributed by atoms with E-state index in [0.29, 0.717) is 10.7 Å². The molecule has 0 saturated heterocycles. The van der Waals surface area contributed by atoms with Crippen molar-refractivity contribution in [2.24, 2.45) is 5.73 Å². The van der Waals surface area contributed by atoms with Gasteiger partial charge in [-0.15, -0.1) is 0 Å². The molecule has 0 aliphatic rings. The molecule has 0 radical (unpaired) electrons. The van der Waals surface area contributed by atoms with E-state index >= 15 is 0 Å². The topological polar surface area (TPSA) is 43.3 Å². The molecule has 0 fully saturated rings. The van der Waals surface area contributed by atoms with E-state index in [1.807, 2.05) is 24.4 Å². The molecule has 0 spiro atoms. The van der Waals surface area contributed by atoms with Crippen molar-refractivity contribution in [1.82, 2.24) is 9.38 Å². The lowest BCUT2D eigenvalue weighted by Gasteiger charge is -2.16. The fraction of sp³-hybridized carbons (Fsp3) is 0.333. The molecule has 0 bridgehead atoms. The van der Waals surface area contributed by atoms with Crippen LogP contribution in [0.4, 0.5) is 0 Å². The van der Waals surface area contributed by atoms with Crippen LogP contribution in [0.15, 0.2) is 24.4 Å². The lowest BCUT2D eigenvalue weighted by atomic mass is 9.96. The fourth-order valence-corrected chi connectivity index (χ4v) is 1.90. The molecule has 16 heavy (non-hydrogen) atoms. The Labute approximate surface area is 100 Å². The van der Waals surface area contributed by atoms with Gasteiger partial charge in [0, 0.05) is 11.6 Å². The van der Waals surface area contributed by atoms with Crippen molar-refractivity contribution in [2.45, 2.75) is 26.2 Å². The molecule has 2 aromatic rings. The van der Waals surface area contributed by atoms with Crippen LogP contribution in [-0.2, 0) is 5.41 Å². The zero-order chi connectivity index (χ0) is 11.9. The minimum Gasteiger partial charge on any atom is -0.388 e. The van der Waals surface area contributed by atoms with Crippen LogP contribution in [0.25, 0.3) is 5.52 Å². The SMILES string of the molecule is CC(C)(C)c1nc(C(N)=S)c2ccccn12. The maximum Gasteiger partial charge on any atom is 0.124 e. The second-order valence-electron chi connectivity index (χ2n) is 4.85. The van der Waals surface area contributed by atoms with Crippen molar-refractivity contribution in [3.63, 3.8) is 0 Å². The van der Waals surface area contributed by atoms with Crippen molar-refractivity contribution in [3.8, 4) is 0 Å². The smallest absolute Gasteiger partial charge is 0.124 e. The third-order valence-corrected chi connectivity index (χ3v) is 2.65. The van der Waals surface area contributed by atoms with Gasteiger partial charge in [0.15, 0.2) is 0 Å². The van der Waals surface area contributed by atoms with Crippen molar-refractivity contribution < 1.29 is 0 Å². The van der Waals surface area contributed by atoms with Gasteiger partial charge in [0.05, 0.1) is 5.52 Å². The Hall–Kier alpha value is -1.42. The molecule has 84 valence electrons. The molecule has 0 aromatic carbocycles. The first-order valence-electron chi connectivity index (χ1n) is 5.18. The van der Waals surface area contributed by atoms with Gasteiger partial charge in [-0.25, -0.2) is 4.98 Å². The van der Waals surface area contributed by atoms with E-state index in [1.54, 1.807) is 0 Å². The Morgan fingerprint density at radius 2 is 2.06 bits per heavy atom. The molecular formula is C12H15N3S. The molecule has 2 heterocycles. The molecule has 4 heteroatoms. The largest absolute Gasteiger partial charge is 0.388 e. The maximum absolute atomic E-state index is 5.69. The van der Waals surface area contributed by atoms with E-state index < -0.39 is 0 Å². The van der Waals surface area contributed by atoms with Crippen LogP contribution in [0, 0.1) is 0 Å². The number of hydrogen-bond acceptors (Lipinski definition) is 2. The van der Waals surface area contributed by atoms with Crippen LogP contribution >= 0.6 is 12.2 Å². The number of thiocarbonyl (C=S) groups is 1. The molecule has 2 N–H and O–H groups in total. The molecule has 3 nitrogen and oxygen atoms in total. The second-order valence-corrected chi connectivity index (χ2v) is 5.29. The summed E-state index contributed by atoms with van der Waals surface area (Å²) in [6.07, 6.45) is 1.99. The highest BCUT2D eigenvalue weighted by molar-refractivity contribution is 7.80. The Morgan fingerprint density at radius 3 is 2.62 bits per heavy atom. The Morgan fingerprint density at radius 1 is 1.38 bits per heavy atom. The number of pyridine rings is 1. The first kappa shape index (κ1) is 11.1. The predicted molar refractivity (Wildman–Crippen MR) is 69.8 cm³/mol. The third-order valence-electron chi connectivity index (χ3n) is 2.45. The minimum atomic E-state index is -0.0344. The lowest BCUT2D eigenvalue weighted by molar-refractivity contribution is 0.543. The normalized spacial score (nSPS) is 11.9. The summed E-state index contributed by atoms with van der Waals surface area (Å²) < 4.78 is 2.05. The van der Waals surface area contributed by atoms with Crippen molar-refractivity contribution in [1.29, 1.82) is 0 Å². The number of fused-ring (bicyclic) bond motifs is 1. The first-order chi connectivity index (χ1) is 7.41. The molecule has 0 amide bonds. The lowest BCUT2D eigenvalue weighted by Crippen LogP contribution is -2.16. The van der Waals surface area contributed by atoms with E-state index in [0.717, 1.165) is 11.3 Å². The standard InChI is InChI=1S/C12H15N3S/c1-12(2,3)11-14-9(10(13)16)8-6-4-5-7-15(8)11/h4-7H,1-3H3,(H2,13,16). The highest BCUT2D eigenvalue weighted by atomic mass is 32.1. The summed E-state index contributed by atoms with van der Waals surface area (Å²) in [6.45, 7) is 6.37. The zero-order valence-electron chi connectivity index (χ0n) is 9.69. The predicted octanol–water partition coefficient (Wildman–Crippen LogP) is 2.27. The summed E-state index contributed by atoms with van der Waals surface area (Å²) in [5, 5.41) is 0. The van der Waals surface area contributed by atoms with Gasteiger partial charge in [-0.2, -0.15) is 0 Å². The molecule has 0 aliphatic carbocycles. The summed E-state index contributed by atoms with van der Waals surface area (Å²) in [7, 11) is 0. The highest BCUT2D eigenvalue weighted by Gasteiger charge is 2.22. The van der Waals surface area contributed by atoms with Gasteiger partial charge in [-0.1, -0.05) is 39.1 Å². The zero-order valence-corrected chi connectivity index (χ0v) is 10.5. The van der Waals surface area contributed by atoms with Gasteiger partial charge < -0.3 is 10.1 Å². The highest BCUT2D eigenvalue weighted by Crippen LogP contribution is 2.24. The van der Waals surface area contributed by atoms with Crippen LogP contribution < -0.4 is 5.73 Å². The van der Waals surface area contributed by atoms with Gasteiger partial charge in [0.1, 0.15) is 16.5 Å². The summed E-state index contributed by atoms with van der Waals surface area (Å²) in [4.78, 5) is 4.90. The molecule has 0 atom stereocenters. The quantitative estimate of drug-likeness (QED) is 0.768. The van der Waals surface area contributed by atoms with Crippen LogP contribution in [0.3, 0.4) is 0 Å². The van der Waals surface area contributed by atoms with E-state index in [9.17, 15) is 0 Å². The molecule has 0 saturated carbocycles. The van der Waals surface area contributed by atoms with E-state index in [-0.39, 0.29) is 5.41 Å². The maximum atomic E-state index is 5.69. The van der Waals surface area contributed by atoms with Gasteiger partial charge in [0.2, 0.25) is 0 Å². The fourth-order valence-electron chi connectivity index (χ4n) is 1.75. The average molecular weight is 233 g/mol. The van der Waals surface area contributed by atoms with Crippen molar-refractivity contribution >= 4 is 22.7 Å². The van der Waals surface area contributed by atoms with Crippen LogP contribution in [0.2, 0.25) is 0 Å². The van der Waals surface area contributed by atoms with Gasteiger partial charge in [-0.3, -0.25) is 0 Å². The Balaban J connectivity index is 2.82. The summed E-state index contributed by atoms with van der Waals surface area (Å²) in [5.41, 5.74) is 7.34. The number of rotatable bonds is 1. The number of nitrogens with two attached hydrogens (primary N) is 1. The van der Waals surface area contributed by atoms with Crippen LogP contribution in [-0.4, -0.2) is 14.4 Å². The van der Waals surface area contributed by atoms with Gasteiger partial charge in [-0.05, 0) is 12.1 Å². The number of hydrogen-bond donors (Lipinski definition) is 1. The molecular weight excluding hydrogens is 218 g/mol. The van der Waals surface area contributed by atoms with E-state index in [2.05, 4.69) is 30.2 Å². The summed E-state index contributed by atoms with van der Waals surface area (Å²) >= 11 is 5.03. The van der Waals surface area contributed by atoms with Crippen molar-refractivity contribution in [2.75, 3.05) is 0 Å². The average Bonchev–Trinajstić information content (AvgIpc) is 2.56.